The molecule has 5 nitrogen and oxygen atoms in total. The Morgan fingerprint density at radius 1 is 1.59 bits per heavy atom. The second kappa shape index (κ2) is 6.42. The van der Waals surface area contributed by atoms with Crippen molar-refractivity contribution in [3.05, 3.63) is 23.7 Å². The van der Waals surface area contributed by atoms with E-state index in [-0.39, 0.29) is 11.9 Å². The van der Waals surface area contributed by atoms with Gasteiger partial charge >= 0.3 is 5.97 Å². The van der Waals surface area contributed by atoms with Gasteiger partial charge in [-0.05, 0) is 32.5 Å². The van der Waals surface area contributed by atoms with Crippen molar-refractivity contribution in [3.63, 3.8) is 0 Å². The summed E-state index contributed by atoms with van der Waals surface area (Å²) in [6, 6.07) is 3.36. The van der Waals surface area contributed by atoms with Gasteiger partial charge in [0.25, 0.3) is 0 Å². The zero-order valence-corrected chi connectivity index (χ0v) is 10.5. The van der Waals surface area contributed by atoms with Gasteiger partial charge in [-0.1, -0.05) is 0 Å². The van der Waals surface area contributed by atoms with Crippen LogP contribution in [-0.4, -0.2) is 42.8 Å². The van der Waals surface area contributed by atoms with Gasteiger partial charge in [0, 0.05) is 6.54 Å². The molecule has 0 saturated heterocycles. The minimum absolute atomic E-state index is 0.214. The summed E-state index contributed by atoms with van der Waals surface area (Å²) in [4.78, 5) is 13.2. The first-order valence-corrected chi connectivity index (χ1v) is 5.56. The van der Waals surface area contributed by atoms with Crippen LogP contribution in [0.4, 0.5) is 0 Å². The number of ether oxygens (including phenoxy) is 1. The predicted molar refractivity (Wildman–Crippen MR) is 62.7 cm³/mol. The van der Waals surface area contributed by atoms with E-state index < -0.39 is 5.97 Å². The standard InChI is InChI=1S/C12H19NO4/c1-9(14)6-7-13(2)8-10-4-5-11(17-10)12(15)16-3/h4-5,9,14H,6-8H2,1-3H3. The van der Waals surface area contributed by atoms with Crippen molar-refractivity contribution >= 4 is 5.97 Å². The average molecular weight is 241 g/mol. The highest BCUT2D eigenvalue weighted by Gasteiger charge is 2.12. The molecule has 0 aliphatic rings. The predicted octanol–water partition coefficient (Wildman–Crippen LogP) is 1.27. The van der Waals surface area contributed by atoms with Crippen LogP contribution in [0.15, 0.2) is 16.5 Å². The first kappa shape index (κ1) is 13.7. The van der Waals surface area contributed by atoms with Gasteiger partial charge in [-0.25, -0.2) is 4.79 Å². The summed E-state index contributed by atoms with van der Waals surface area (Å²) in [5, 5.41) is 9.16. The van der Waals surface area contributed by atoms with E-state index in [1.807, 2.05) is 11.9 Å². The summed E-state index contributed by atoms with van der Waals surface area (Å²) >= 11 is 0. The lowest BCUT2D eigenvalue weighted by atomic mass is 10.2. The molecule has 0 radical (unpaired) electrons. The van der Waals surface area contributed by atoms with Gasteiger partial charge in [0.15, 0.2) is 0 Å². The minimum Gasteiger partial charge on any atom is -0.463 e. The van der Waals surface area contributed by atoms with Crippen LogP contribution in [-0.2, 0) is 11.3 Å². The summed E-state index contributed by atoms with van der Waals surface area (Å²) < 4.78 is 9.89. The lowest BCUT2D eigenvalue weighted by Crippen LogP contribution is -2.21. The molecule has 0 aliphatic carbocycles. The highest BCUT2D eigenvalue weighted by molar-refractivity contribution is 5.86. The number of aliphatic hydroxyl groups is 1. The van der Waals surface area contributed by atoms with E-state index in [9.17, 15) is 4.79 Å². The van der Waals surface area contributed by atoms with Crippen molar-refractivity contribution in [1.29, 1.82) is 0 Å². The molecule has 0 bridgehead atoms. The molecule has 0 aliphatic heterocycles. The Balaban J connectivity index is 2.46. The van der Waals surface area contributed by atoms with Gasteiger partial charge in [0.2, 0.25) is 5.76 Å². The number of furan rings is 1. The van der Waals surface area contributed by atoms with Gasteiger partial charge in [0.1, 0.15) is 5.76 Å². The van der Waals surface area contributed by atoms with Gasteiger partial charge < -0.3 is 14.3 Å². The van der Waals surface area contributed by atoms with Crippen molar-refractivity contribution in [2.24, 2.45) is 0 Å². The third-order valence-corrected chi connectivity index (χ3v) is 2.40. The molecule has 17 heavy (non-hydrogen) atoms. The van der Waals surface area contributed by atoms with E-state index in [0.29, 0.717) is 18.7 Å². The zero-order chi connectivity index (χ0) is 12.8. The number of esters is 1. The van der Waals surface area contributed by atoms with Crippen molar-refractivity contribution in [2.45, 2.75) is 26.0 Å². The summed E-state index contributed by atoms with van der Waals surface area (Å²) in [6.45, 7) is 3.13. The maximum Gasteiger partial charge on any atom is 0.373 e. The number of carbonyl (C=O) groups excluding carboxylic acids is 1. The molecular formula is C12H19NO4. The number of nitrogens with zero attached hydrogens (tertiary/aromatic N) is 1. The van der Waals surface area contributed by atoms with E-state index >= 15 is 0 Å². The monoisotopic (exact) mass is 241 g/mol. The first-order valence-electron chi connectivity index (χ1n) is 5.56. The lowest BCUT2D eigenvalue weighted by Gasteiger charge is -2.15. The van der Waals surface area contributed by atoms with Crippen molar-refractivity contribution < 1.29 is 19.1 Å². The lowest BCUT2D eigenvalue weighted by molar-refractivity contribution is 0.0561. The van der Waals surface area contributed by atoms with E-state index in [2.05, 4.69) is 4.74 Å². The SMILES string of the molecule is COC(=O)c1ccc(CN(C)CCC(C)O)o1. The largest absolute Gasteiger partial charge is 0.463 e. The zero-order valence-electron chi connectivity index (χ0n) is 10.5. The van der Waals surface area contributed by atoms with Crippen LogP contribution in [0.1, 0.15) is 29.7 Å². The third-order valence-electron chi connectivity index (χ3n) is 2.40. The number of hydrogen-bond acceptors (Lipinski definition) is 5. The summed E-state index contributed by atoms with van der Waals surface area (Å²) in [7, 11) is 3.25. The highest BCUT2D eigenvalue weighted by atomic mass is 16.5. The molecule has 1 N–H and O–H groups in total. The Morgan fingerprint density at radius 2 is 2.29 bits per heavy atom. The molecule has 96 valence electrons. The van der Waals surface area contributed by atoms with Crippen molar-refractivity contribution in [1.82, 2.24) is 4.90 Å². The fourth-order valence-corrected chi connectivity index (χ4v) is 1.43. The van der Waals surface area contributed by atoms with E-state index in [4.69, 9.17) is 9.52 Å². The molecule has 1 heterocycles. The van der Waals surface area contributed by atoms with Gasteiger partial charge in [-0.3, -0.25) is 4.90 Å². The Kier molecular flexibility index (Phi) is 5.18. The number of aliphatic hydroxyl groups excluding tert-OH is 1. The molecule has 0 amide bonds. The van der Waals surface area contributed by atoms with Crippen LogP contribution in [0, 0.1) is 0 Å². The maximum atomic E-state index is 11.2. The summed E-state index contributed by atoms with van der Waals surface area (Å²) in [5.41, 5.74) is 0. The van der Waals surface area contributed by atoms with Crippen LogP contribution < -0.4 is 0 Å². The summed E-state index contributed by atoms with van der Waals surface area (Å²) in [6.07, 6.45) is 0.404. The quantitative estimate of drug-likeness (QED) is 0.760. The van der Waals surface area contributed by atoms with E-state index in [1.165, 1.54) is 7.11 Å². The van der Waals surface area contributed by atoms with Crippen LogP contribution in [0.2, 0.25) is 0 Å². The molecule has 1 unspecified atom stereocenters. The van der Waals surface area contributed by atoms with Gasteiger partial charge in [-0.15, -0.1) is 0 Å². The fraction of sp³-hybridized carbons (Fsp3) is 0.583. The minimum atomic E-state index is -0.470. The maximum absolute atomic E-state index is 11.2. The molecule has 0 fully saturated rings. The fourth-order valence-electron chi connectivity index (χ4n) is 1.43. The second-order valence-corrected chi connectivity index (χ2v) is 4.13. The number of methoxy groups -OCH3 is 1. The second-order valence-electron chi connectivity index (χ2n) is 4.13. The Bertz CT molecular complexity index is 359. The molecule has 0 saturated carbocycles. The molecule has 1 aromatic rings. The smallest absolute Gasteiger partial charge is 0.373 e. The molecule has 5 heteroatoms. The van der Waals surface area contributed by atoms with Crippen molar-refractivity contribution in [3.8, 4) is 0 Å². The molecule has 1 aromatic heterocycles. The highest BCUT2D eigenvalue weighted by Crippen LogP contribution is 2.11. The van der Waals surface area contributed by atoms with Crippen LogP contribution in [0.5, 0.6) is 0 Å². The Hall–Kier alpha value is -1.33. The number of hydrogen-bond donors (Lipinski definition) is 1. The Labute approximate surface area is 101 Å². The van der Waals surface area contributed by atoms with E-state index in [0.717, 1.165) is 6.54 Å². The topological polar surface area (TPSA) is 62.9 Å². The van der Waals surface area contributed by atoms with Crippen LogP contribution in [0.25, 0.3) is 0 Å². The van der Waals surface area contributed by atoms with E-state index in [1.54, 1.807) is 19.1 Å². The number of carbonyl (C=O) groups is 1. The number of rotatable bonds is 6. The Morgan fingerprint density at radius 3 is 2.88 bits per heavy atom. The molecule has 1 rings (SSSR count). The molecule has 1 atom stereocenters. The van der Waals surface area contributed by atoms with Gasteiger partial charge in [-0.2, -0.15) is 0 Å². The van der Waals surface area contributed by atoms with Crippen molar-refractivity contribution in [2.75, 3.05) is 20.7 Å². The first-order chi connectivity index (χ1) is 8.02. The normalized spacial score (nSPS) is 12.8. The average Bonchev–Trinajstić information content (AvgIpc) is 2.73. The van der Waals surface area contributed by atoms with Crippen LogP contribution in [0.3, 0.4) is 0 Å². The van der Waals surface area contributed by atoms with Crippen LogP contribution >= 0.6 is 0 Å². The van der Waals surface area contributed by atoms with Gasteiger partial charge in [0.05, 0.1) is 19.8 Å². The molecular weight excluding hydrogens is 222 g/mol. The molecule has 0 aromatic carbocycles. The summed E-state index contributed by atoms with van der Waals surface area (Å²) in [5.74, 6) is 0.452. The third kappa shape index (κ3) is 4.58. The molecule has 0 spiro atoms.